The van der Waals surface area contributed by atoms with E-state index in [4.69, 9.17) is 11.6 Å². The zero-order valence-corrected chi connectivity index (χ0v) is 12.9. The molecule has 2 nitrogen and oxygen atoms in total. The number of halogens is 2. The zero-order valence-electron chi connectivity index (χ0n) is 10.5. The Kier molecular flexibility index (Phi) is 4.86. The molecule has 2 rings (SSSR count). The van der Waals surface area contributed by atoms with Crippen LogP contribution < -0.4 is 5.32 Å². The second-order valence-electron chi connectivity index (χ2n) is 4.42. The van der Waals surface area contributed by atoms with Crippen LogP contribution in [0.2, 0.25) is 5.02 Å². The van der Waals surface area contributed by atoms with Gasteiger partial charge in [-0.3, -0.25) is 0 Å². The lowest BCUT2D eigenvalue weighted by molar-refractivity contribution is 0.276. The Bertz CT molecular complexity index is 574. The highest BCUT2D eigenvalue weighted by Crippen LogP contribution is 2.27. The van der Waals surface area contributed by atoms with E-state index < -0.39 is 0 Å². The molecule has 2 N–H and O–H groups in total. The molecule has 0 bridgehead atoms. The molecule has 2 aromatic rings. The van der Waals surface area contributed by atoms with Gasteiger partial charge in [0, 0.05) is 10.2 Å². The molecule has 19 heavy (non-hydrogen) atoms. The molecular weight excluding hydrogens is 326 g/mol. The Hall–Kier alpha value is -1.03. The maximum Gasteiger partial charge on any atom is 0.0745 e. The number of nitrogens with one attached hydrogen (secondary N) is 1. The number of hydrogen-bond acceptors (Lipinski definition) is 2. The Morgan fingerprint density at radius 2 is 2.05 bits per heavy atom. The van der Waals surface area contributed by atoms with Gasteiger partial charge < -0.3 is 10.4 Å². The summed E-state index contributed by atoms with van der Waals surface area (Å²) < 4.78 is 0.830. The van der Waals surface area contributed by atoms with Crippen molar-refractivity contribution < 1.29 is 5.11 Å². The molecule has 0 saturated heterocycles. The van der Waals surface area contributed by atoms with Gasteiger partial charge in [-0.1, -0.05) is 29.8 Å². The molecular formula is C15H15BrClNO. The van der Waals surface area contributed by atoms with Crippen molar-refractivity contribution in [1.82, 2.24) is 0 Å². The summed E-state index contributed by atoms with van der Waals surface area (Å²) in [5, 5.41) is 13.5. The van der Waals surface area contributed by atoms with E-state index in [0.717, 1.165) is 15.7 Å². The molecule has 0 aliphatic rings. The van der Waals surface area contributed by atoms with E-state index in [0.29, 0.717) is 5.02 Å². The van der Waals surface area contributed by atoms with Crippen LogP contribution >= 0.6 is 27.5 Å². The Labute approximate surface area is 126 Å². The van der Waals surface area contributed by atoms with Gasteiger partial charge in [-0.05, 0) is 58.2 Å². The van der Waals surface area contributed by atoms with Crippen molar-refractivity contribution in [2.45, 2.75) is 13.0 Å². The molecule has 0 aliphatic heterocycles. The summed E-state index contributed by atoms with van der Waals surface area (Å²) in [5.74, 6) is 0. The van der Waals surface area contributed by atoms with Crippen molar-refractivity contribution in [3.8, 4) is 0 Å². The van der Waals surface area contributed by atoms with Crippen LogP contribution in [-0.4, -0.2) is 11.7 Å². The number of aliphatic hydroxyl groups is 1. The van der Waals surface area contributed by atoms with Crippen LogP contribution in [0.5, 0.6) is 0 Å². The molecule has 0 fully saturated rings. The number of rotatable bonds is 4. The second-order valence-corrected chi connectivity index (χ2v) is 5.68. The normalized spacial score (nSPS) is 12.2. The zero-order chi connectivity index (χ0) is 13.8. The first kappa shape index (κ1) is 14.4. The minimum atomic E-state index is -0.157. The third kappa shape index (κ3) is 3.72. The van der Waals surface area contributed by atoms with E-state index in [9.17, 15) is 5.11 Å². The Morgan fingerprint density at radius 1 is 1.26 bits per heavy atom. The average molecular weight is 341 g/mol. The highest BCUT2D eigenvalue weighted by atomic mass is 79.9. The van der Waals surface area contributed by atoms with Crippen LogP contribution in [0.15, 0.2) is 46.9 Å². The molecule has 0 heterocycles. The Balaban J connectivity index is 2.22. The third-order valence-electron chi connectivity index (χ3n) is 2.89. The molecule has 1 unspecified atom stereocenters. The minimum absolute atomic E-state index is 0.0159. The van der Waals surface area contributed by atoms with Gasteiger partial charge in [-0.2, -0.15) is 0 Å². The molecule has 0 saturated carbocycles. The maximum atomic E-state index is 9.56. The summed E-state index contributed by atoms with van der Waals surface area (Å²) >= 11 is 9.38. The third-order valence-corrected chi connectivity index (χ3v) is 4.10. The van der Waals surface area contributed by atoms with E-state index in [2.05, 4.69) is 21.2 Å². The van der Waals surface area contributed by atoms with Crippen molar-refractivity contribution in [3.05, 3.63) is 63.1 Å². The lowest BCUT2D eigenvalue weighted by atomic mass is 10.1. The lowest BCUT2D eigenvalue weighted by Gasteiger charge is -2.19. The van der Waals surface area contributed by atoms with E-state index in [-0.39, 0.29) is 12.6 Å². The van der Waals surface area contributed by atoms with Gasteiger partial charge in [0.15, 0.2) is 0 Å². The fraction of sp³-hybridized carbons (Fsp3) is 0.200. The lowest BCUT2D eigenvalue weighted by Crippen LogP contribution is -2.14. The molecule has 100 valence electrons. The van der Waals surface area contributed by atoms with Crippen LogP contribution in [-0.2, 0) is 0 Å². The predicted octanol–water partition coefficient (Wildman–Crippen LogP) is 4.56. The monoisotopic (exact) mass is 339 g/mol. The van der Waals surface area contributed by atoms with Crippen LogP contribution in [0.1, 0.15) is 17.2 Å². The van der Waals surface area contributed by atoms with Crippen molar-refractivity contribution >= 4 is 33.2 Å². The van der Waals surface area contributed by atoms with E-state index in [1.54, 1.807) is 0 Å². The number of benzene rings is 2. The van der Waals surface area contributed by atoms with E-state index in [1.165, 1.54) is 5.56 Å². The van der Waals surface area contributed by atoms with Crippen LogP contribution in [0, 0.1) is 6.92 Å². The number of aryl methyl sites for hydroxylation is 1. The van der Waals surface area contributed by atoms with Gasteiger partial charge in [0.05, 0.1) is 17.7 Å². The maximum absolute atomic E-state index is 9.56. The van der Waals surface area contributed by atoms with Crippen molar-refractivity contribution in [2.75, 3.05) is 11.9 Å². The summed E-state index contributed by atoms with van der Waals surface area (Å²) in [7, 11) is 0. The first-order chi connectivity index (χ1) is 9.10. The highest BCUT2D eigenvalue weighted by Gasteiger charge is 2.11. The van der Waals surface area contributed by atoms with Gasteiger partial charge in [0.25, 0.3) is 0 Å². The largest absolute Gasteiger partial charge is 0.394 e. The summed E-state index contributed by atoms with van der Waals surface area (Å²) in [6.45, 7) is 2.06. The average Bonchev–Trinajstić information content (AvgIpc) is 2.39. The van der Waals surface area contributed by atoms with Gasteiger partial charge in [0.1, 0.15) is 0 Å². The van der Waals surface area contributed by atoms with Crippen molar-refractivity contribution in [3.63, 3.8) is 0 Å². The minimum Gasteiger partial charge on any atom is -0.394 e. The smallest absolute Gasteiger partial charge is 0.0745 e. The number of hydrogen-bond donors (Lipinski definition) is 2. The van der Waals surface area contributed by atoms with Gasteiger partial charge >= 0.3 is 0 Å². The topological polar surface area (TPSA) is 32.3 Å². The molecule has 0 radical (unpaired) electrons. The molecule has 2 aromatic carbocycles. The molecule has 0 spiro atoms. The number of anilines is 1. The fourth-order valence-electron chi connectivity index (χ4n) is 1.90. The summed E-state index contributed by atoms with van der Waals surface area (Å²) in [6.07, 6.45) is 0. The quantitative estimate of drug-likeness (QED) is 0.855. The van der Waals surface area contributed by atoms with Crippen LogP contribution in [0.25, 0.3) is 0 Å². The number of aliphatic hydroxyl groups excluding tert-OH is 1. The highest BCUT2D eigenvalue weighted by molar-refractivity contribution is 9.10. The Morgan fingerprint density at radius 3 is 2.68 bits per heavy atom. The molecule has 0 aromatic heterocycles. The molecule has 1 atom stereocenters. The summed E-state index contributed by atoms with van der Waals surface area (Å²) in [4.78, 5) is 0. The van der Waals surface area contributed by atoms with E-state index >= 15 is 0 Å². The second kappa shape index (κ2) is 6.42. The first-order valence-electron chi connectivity index (χ1n) is 5.99. The van der Waals surface area contributed by atoms with Crippen LogP contribution in [0.3, 0.4) is 0 Å². The predicted molar refractivity (Wildman–Crippen MR) is 83.8 cm³/mol. The van der Waals surface area contributed by atoms with Crippen molar-refractivity contribution in [2.24, 2.45) is 0 Å². The summed E-state index contributed by atoms with van der Waals surface area (Å²) in [5.41, 5.74) is 3.16. The standard InChI is InChI=1S/C15H15BrClNO/c1-10-3-2-4-12(7-10)18-15(9-19)11-5-6-14(17)13(16)8-11/h2-8,15,18-19H,9H2,1H3. The van der Waals surface area contributed by atoms with Gasteiger partial charge in [-0.25, -0.2) is 0 Å². The molecule has 0 amide bonds. The fourth-order valence-corrected chi connectivity index (χ4v) is 2.41. The van der Waals surface area contributed by atoms with Crippen LogP contribution in [0.4, 0.5) is 5.69 Å². The first-order valence-corrected chi connectivity index (χ1v) is 7.16. The molecule has 0 aliphatic carbocycles. The van der Waals surface area contributed by atoms with E-state index in [1.807, 2.05) is 49.4 Å². The van der Waals surface area contributed by atoms with Crippen molar-refractivity contribution in [1.29, 1.82) is 0 Å². The van der Waals surface area contributed by atoms with Gasteiger partial charge in [-0.15, -0.1) is 0 Å². The SMILES string of the molecule is Cc1cccc(NC(CO)c2ccc(Cl)c(Br)c2)c1. The molecule has 4 heteroatoms. The van der Waals surface area contributed by atoms with Gasteiger partial charge in [0.2, 0.25) is 0 Å². The summed E-state index contributed by atoms with van der Waals surface area (Å²) in [6, 6.07) is 13.6.